The summed E-state index contributed by atoms with van der Waals surface area (Å²) in [6, 6.07) is 1.91. The third-order valence-corrected chi connectivity index (χ3v) is 2.08. The van der Waals surface area contributed by atoms with Crippen LogP contribution in [-0.4, -0.2) is 14.2 Å². The van der Waals surface area contributed by atoms with Crippen molar-refractivity contribution in [2.45, 2.75) is 13.1 Å². The smallest absolute Gasteiger partial charge is 0.416 e. The van der Waals surface area contributed by atoms with E-state index in [1.54, 1.807) is 6.92 Å². The topological polar surface area (TPSA) is 18.5 Å². The first-order valence-corrected chi connectivity index (χ1v) is 4.20. The summed E-state index contributed by atoms with van der Waals surface area (Å²) in [6.45, 7) is 1.64. The van der Waals surface area contributed by atoms with Crippen molar-refractivity contribution in [2.75, 3.05) is 14.2 Å². The van der Waals surface area contributed by atoms with Crippen LogP contribution in [0.5, 0.6) is 11.5 Å². The number of benzene rings is 1. The number of hydrogen-bond acceptors (Lipinski definition) is 2. The number of halogens is 3. The third kappa shape index (κ3) is 2.34. The van der Waals surface area contributed by atoms with Crippen LogP contribution in [0.3, 0.4) is 0 Å². The van der Waals surface area contributed by atoms with Crippen LogP contribution in [0.2, 0.25) is 0 Å². The van der Waals surface area contributed by atoms with Gasteiger partial charge in [0.05, 0.1) is 19.8 Å². The van der Waals surface area contributed by atoms with E-state index in [1.807, 2.05) is 0 Å². The summed E-state index contributed by atoms with van der Waals surface area (Å²) in [5.74, 6) is 0.336. The molecule has 1 aromatic rings. The molecule has 84 valence electrons. The zero-order valence-electron chi connectivity index (χ0n) is 8.61. The minimum Gasteiger partial charge on any atom is -0.496 e. The summed E-state index contributed by atoms with van der Waals surface area (Å²) in [5, 5.41) is 0. The van der Waals surface area contributed by atoms with Crippen molar-refractivity contribution in [3.05, 3.63) is 23.3 Å². The molecule has 2 nitrogen and oxygen atoms in total. The number of rotatable bonds is 2. The predicted molar refractivity (Wildman–Crippen MR) is 49.3 cm³/mol. The summed E-state index contributed by atoms with van der Waals surface area (Å²) in [4.78, 5) is 0. The van der Waals surface area contributed by atoms with Gasteiger partial charge in [0.1, 0.15) is 11.5 Å². The van der Waals surface area contributed by atoms with Crippen molar-refractivity contribution in [2.24, 2.45) is 0 Å². The molecule has 0 bridgehead atoms. The van der Waals surface area contributed by atoms with Gasteiger partial charge in [-0.15, -0.1) is 0 Å². The van der Waals surface area contributed by atoms with Gasteiger partial charge >= 0.3 is 6.18 Å². The molecule has 1 aromatic carbocycles. The Kier molecular flexibility index (Phi) is 3.12. The first-order valence-electron chi connectivity index (χ1n) is 4.20. The first kappa shape index (κ1) is 11.7. The van der Waals surface area contributed by atoms with E-state index in [0.717, 1.165) is 12.1 Å². The van der Waals surface area contributed by atoms with Crippen LogP contribution in [0.4, 0.5) is 13.2 Å². The Balaban J connectivity index is 3.33. The van der Waals surface area contributed by atoms with E-state index in [0.29, 0.717) is 5.56 Å². The van der Waals surface area contributed by atoms with Crippen molar-refractivity contribution in [3.8, 4) is 11.5 Å². The van der Waals surface area contributed by atoms with Crippen LogP contribution < -0.4 is 9.47 Å². The van der Waals surface area contributed by atoms with Gasteiger partial charge in [0.25, 0.3) is 0 Å². The molecule has 15 heavy (non-hydrogen) atoms. The standard InChI is InChI=1S/C10H11F3O2/c1-6-8(14-2)4-7(10(11,12)13)5-9(6)15-3/h4-5H,1-3H3. The van der Waals surface area contributed by atoms with Gasteiger partial charge < -0.3 is 9.47 Å². The van der Waals surface area contributed by atoms with E-state index in [9.17, 15) is 13.2 Å². The van der Waals surface area contributed by atoms with Crippen LogP contribution in [0.15, 0.2) is 12.1 Å². The fraction of sp³-hybridized carbons (Fsp3) is 0.400. The highest BCUT2D eigenvalue weighted by Crippen LogP contribution is 2.37. The summed E-state index contributed by atoms with van der Waals surface area (Å²) < 4.78 is 47.0. The summed E-state index contributed by atoms with van der Waals surface area (Å²) in [6.07, 6.45) is -4.39. The average molecular weight is 220 g/mol. The summed E-state index contributed by atoms with van der Waals surface area (Å²) in [7, 11) is 2.64. The largest absolute Gasteiger partial charge is 0.496 e. The molecule has 0 N–H and O–H groups in total. The van der Waals surface area contributed by atoms with E-state index >= 15 is 0 Å². The molecule has 0 spiro atoms. The maximum Gasteiger partial charge on any atom is 0.416 e. The van der Waals surface area contributed by atoms with Crippen LogP contribution in [0, 0.1) is 6.92 Å². The second-order valence-corrected chi connectivity index (χ2v) is 3.00. The fourth-order valence-electron chi connectivity index (χ4n) is 1.25. The Bertz CT molecular complexity index is 333. The van der Waals surface area contributed by atoms with Crippen molar-refractivity contribution >= 4 is 0 Å². The fourth-order valence-corrected chi connectivity index (χ4v) is 1.25. The van der Waals surface area contributed by atoms with E-state index in [4.69, 9.17) is 9.47 Å². The van der Waals surface area contributed by atoms with E-state index in [-0.39, 0.29) is 11.5 Å². The Hall–Kier alpha value is -1.39. The van der Waals surface area contributed by atoms with Crippen LogP contribution in [0.25, 0.3) is 0 Å². The predicted octanol–water partition coefficient (Wildman–Crippen LogP) is 3.03. The Morgan fingerprint density at radius 3 is 1.67 bits per heavy atom. The van der Waals surface area contributed by atoms with E-state index < -0.39 is 11.7 Å². The van der Waals surface area contributed by atoms with Gasteiger partial charge in [-0.1, -0.05) is 0 Å². The Labute approximate surface area is 85.6 Å². The zero-order valence-corrected chi connectivity index (χ0v) is 8.61. The Morgan fingerprint density at radius 1 is 1.00 bits per heavy atom. The van der Waals surface area contributed by atoms with E-state index in [2.05, 4.69) is 0 Å². The molecule has 0 unspecified atom stereocenters. The SMILES string of the molecule is COc1cc(C(F)(F)F)cc(OC)c1C. The normalized spacial score (nSPS) is 11.3. The van der Waals surface area contributed by atoms with Crippen LogP contribution >= 0.6 is 0 Å². The second kappa shape index (κ2) is 4.00. The monoisotopic (exact) mass is 220 g/mol. The lowest BCUT2D eigenvalue weighted by Gasteiger charge is -2.14. The molecule has 0 fully saturated rings. The molecule has 0 heterocycles. The minimum absolute atomic E-state index is 0.168. The molecule has 1 rings (SSSR count). The summed E-state index contributed by atoms with van der Waals surface area (Å²) in [5.41, 5.74) is -0.227. The van der Waals surface area contributed by atoms with Gasteiger partial charge in [0.2, 0.25) is 0 Å². The van der Waals surface area contributed by atoms with Gasteiger partial charge in [-0.3, -0.25) is 0 Å². The molecule has 0 aliphatic rings. The van der Waals surface area contributed by atoms with Gasteiger partial charge in [-0.05, 0) is 19.1 Å². The molecule has 0 aliphatic carbocycles. The quantitative estimate of drug-likeness (QED) is 0.762. The molecule has 0 saturated carbocycles. The number of alkyl halides is 3. The highest BCUT2D eigenvalue weighted by atomic mass is 19.4. The highest BCUT2D eigenvalue weighted by molar-refractivity contribution is 5.47. The molecule has 0 aliphatic heterocycles. The maximum atomic E-state index is 12.4. The van der Waals surface area contributed by atoms with Gasteiger partial charge in [0.15, 0.2) is 0 Å². The second-order valence-electron chi connectivity index (χ2n) is 3.00. The first-order chi connectivity index (χ1) is 6.90. The van der Waals surface area contributed by atoms with Crippen LogP contribution in [-0.2, 0) is 6.18 Å². The van der Waals surface area contributed by atoms with Crippen molar-refractivity contribution in [1.82, 2.24) is 0 Å². The van der Waals surface area contributed by atoms with Gasteiger partial charge in [0, 0.05) is 5.56 Å². The molecular formula is C10H11F3O2. The number of ether oxygens (including phenoxy) is 2. The third-order valence-electron chi connectivity index (χ3n) is 2.08. The van der Waals surface area contributed by atoms with Gasteiger partial charge in [-0.2, -0.15) is 13.2 Å². The van der Waals surface area contributed by atoms with Crippen molar-refractivity contribution < 1.29 is 22.6 Å². The molecular weight excluding hydrogens is 209 g/mol. The molecule has 0 radical (unpaired) electrons. The molecule has 0 atom stereocenters. The molecule has 0 amide bonds. The highest BCUT2D eigenvalue weighted by Gasteiger charge is 2.32. The number of hydrogen-bond donors (Lipinski definition) is 0. The minimum atomic E-state index is -4.39. The van der Waals surface area contributed by atoms with E-state index in [1.165, 1.54) is 14.2 Å². The lowest BCUT2D eigenvalue weighted by atomic mass is 10.1. The maximum absolute atomic E-state index is 12.4. The molecule has 0 saturated heterocycles. The zero-order chi connectivity index (χ0) is 11.6. The summed E-state index contributed by atoms with van der Waals surface area (Å²) >= 11 is 0. The Morgan fingerprint density at radius 2 is 1.40 bits per heavy atom. The van der Waals surface area contributed by atoms with Crippen molar-refractivity contribution in [1.29, 1.82) is 0 Å². The number of methoxy groups -OCH3 is 2. The molecule has 0 aromatic heterocycles. The average Bonchev–Trinajstić information content (AvgIpc) is 2.16. The van der Waals surface area contributed by atoms with Crippen LogP contribution in [0.1, 0.15) is 11.1 Å². The lowest BCUT2D eigenvalue weighted by Crippen LogP contribution is -2.06. The van der Waals surface area contributed by atoms with Crippen molar-refractivity contribution in [3.63, 3.8) is 0 Å². The van der Waals surface area contributed by atoms with Gasteiger partial charge in [-0.25, -0.2) is 0 Å². The molecule has 5 heteroatoms. The lowest BCUT2D eigenvalue weighted by molar-refractivity contribution is -0.137.